The van der Waals surface area contributed by atoms with Crippen LogP contribution in [0.3, 0.4) is 0 Å². The Morgan fingerprint density at radius 1 is 0.950 bits per heavy atom. The van der Waals surface area contributed by atoms with Crippen LogP contribution < -0.4 is 4.74 Å². The fraction of sp³-hybridized carbons (Fsp3) is 0.0769. The van der Waals surface area contributed by atoms with Gasteiger partial charge in [-0.3, -0.25) is 5.10 Å². The number of nitrogens with zero attached hydrogens (tertiary/aromatic N) is 2. The predicted molar refractivity (Wildman–Crippen MR) is 66.0 cm³/mol. The van der Waals surface area contributed by atoms with Crippen molar-refractivity contribution < 1.29 is 17.9 Å². The van der Waals surface area contributed by atoms with Crippen molar-refractivity contribution in [1.82, 2.24) is 15.4 Å². The Hall–Kier alpha value is -2.57. The Balaban J connectivity index is 1.90. The maximum absolute atomic E-state index is 12.1. The fourth-order valence-corrected chi connectivity index (χ4v) is 1.87. The van der Waals surface area contributed by atoms with Crippen molar-refractivity contribution in [3.05, 3.63) is 42.5 Å². The molecule has 0 atom stereocenters. The van der Waals surface area contributed by atoms with E-state index in [0.717, 1.165) is 22.2 Å². The van der Waals surface area contributed by atoms with Gasteiger partial charge in [-0.2, -0.15) is 0 Å². The number of ether oxygens (including phenoxy) is 1. The minimum atomic E-state index is -4.68. The summed E-state index contributed by atoms with van der Waals surface area (Å²) in [6, 6.07) is 11.1. The molecule has 0 aliphatic rings. The van der Waals surface area contributed by atoms with Crippen LogP contribution in [0.1, 0.15) is 0 Å². The number of aromatic amines is 1. The van der Waals surface area contributed by atoms with Gasteiger partial charge in [-0.15, -0.1) is 18.3 Å². The Morgan fingerprint density at radius 2 is 1.65 bits per heavy atom. The molecule has 0 bridgehead atoms. The molecule has 0 fully saturated rings. The Kier molecular flexibility index (Phi) is 2.81. The number of nitrogens with one attached hydrogen (secondary N) is 1. The van der Waals surface area contributed by atoms with E-state index in [9.17, 15) is 13.2 Å². The molecule has 7 heteroatoms. The zero-order valence-corrected chi connectivity index (χ0v) is 9.98. The summed E-state index contributed by atoms with van der Waals surface area (Å²) in [7, 11) is 0. The van der Waals surface area contributed by atoms with Crippen molar-refractivity contribution in [3.8, 4) is 16.9 Å². The third-order valence-electron chi connectivity index (χ3n) is 2.75. The molecule has 0 saturated carbocycles. The van der Waals surface area contributed by atoms with Gasteiger partial charge < -0.3 is 4.74 Å². The van der Waals surface area contributed by atoms with Crippen LogP contribution in [-0.2, 0) is 0 Å². The largest absolute Gasteiger partial charge is 0.573 e. The highest BCUT2D eigenvalue weighted by Gasteiger charge is 2.30. The molecule has 0 aliphatic heterocycles. The molecule has 1 N–H and O–H groups in total. The van der Waals surface area contributed by atoms with Crippen molar-refractivity contribution in [1.29, 1.82) is 0 Å². The summed E-state index contributed by atoms with van der Waals surface area (Å²) in [5, 5.41) is 10.3. The van der Waals surface area contributed by atoms with Crippen molar-refractivity contribution >= 4 is 11.0 Å². The van der Waals surface area contributed by atoms with Gasteiger partial charge in [0.25, 0.3) is 0 Å². The van der Waals surface area contributed by atoms with Gasteiger partial charge in [-0.25, -0.2) is 0 Å². The van der Waals surface area contributed by atoms with Gasteiger partial charge in [0.05, 0.1) is 5.52 Å². The lowest BCUT2D eigenvalue weighted by Crippen LogP contribution is -2.16. The van der Waals surface area contributed by atoms with Gasteiger partial charge in [0.15, 0.2) is 0 Å². The number of benzene rings is 2. The second-order valence-corrected chi connectivity index (χ2v) is 4.12. The first-order valence-corrected chi connectivity index (χ1v) is 5.68. The molecule has 0 aliphatic carbocycles. The van der Waals surface area contributed by atoms with E-state index in [1.54, 1.807) is 18.2 Å². The molecule has 3 rings (SSSR count). The first-order valence-electron chi connectivity index (χ1n) is 5.68. The molecule has 4 nitrogen and oxygen atoms in total. The first-order chi connectivity index (χ1) is 9.51. The Labute approximate surface area is 111 Å². The lowest BCUT2D eigenvalue weighted by atomic mass is 10.1. The van der Waals surface area contributed by atoms with E-state index in [-0.39, 0.29) is 5.75 Å². The molecule has 0 radical (unpaired) electrons. The van der Waals surface area contributed by atoms with E-state index >= 15 is 0 Å². The fourth-order valence-electron chi connectivity index (χ4n) is 1.87. The van der Waals surface area contributed by atoms with Crippen LogP contribution >= 0.6 is 0 Å². The van der Waals surface area contributed by atoms with E-state index in [2.05, 4.69) is 20.1 Å². The molecular weight excluding hydrogens is 271 g/mol. The average Bonchev–Trinajstić information content (AvgIpc) is 2.85. The number of hydrogen-bond donors (Lipinski definition) is 1. The zero-order chi connectivity index (χ0) is 14.2. The minimum absolute atomic E-state index is 0.245. The lowest BCUT2D eigenvalue weighted by Gasteiger charge is -2.09. The smallest absolute Gasteiger partial charge is 0.406 e. The SMILES string of the molecule is FC(F)(F)Oc1ccc(-c2ccc3nn[nH]c3c2)cc1. The van der Waals surface area contributed by atoms with Gasteiger partial charge in [-0.05, 0) is 35.4 Å². The number of rotatable bonds is 2. The van der Waals surface area contributed by atoms with E-state index in [0.29, 0.717) is 0 Å². The second-order valence-electron chi connectivity index (χ2n) is 4.12. The van der Waals surface area contributed by atoms with E-state index in [1.165, 1.54) is 12.1 Å². The number of H-pyrrole nitrogens is 1. The number of halogens is 3. The van der Waals surface area contributed by atoms with E-state index in [4.69, 9.17) is 0 Å². The predicted octanol–water partition coefficient (Wildman–Crippen LogP) is 3.52. The molecule has 1 aromatic heterocycles. The summed E-state index contributed by atoms with van der Waals surface area (Å²) in [5.74, 6) is -0.245. The number of fused-ring (bicyclic) bond motifs is 1. The summed E-state index contributed by atoms with van der Waals surface area (Å²) in [6.07, 6.45) is -4.68. The van der Waals surface area contributed by atoms with Gasteiger partial charge in [0.2, 0.25) is 0 Å². The van der Waals surface area contributed by atoms with Gasteiger partial charge in [-0.1, -0.05) is 23.4 Å². The van der Waals surface area contributed by atoms with Crippen molar-refractivity contribution in [2.75, 3.05) is 0 Å². The second kappa shape index (κ2) is 4.52. The maximum Gasteiger partial charge on any atom is 0.573 e. The highest BCUT2D eigenvalue weighted by atomic mass is 19.4. The van der Waals surface area contributed by atoms with Crippen molar-refractivity contribution in [2.45, 2.75) is 6.36 Å². The van der Waals surface area contributed by atoms with E-state index < -0.39 is 6.36 Å². The van der Waals surface area contributed by atoms with Crippen LogP contribution in [0.4, 0.5) is 13.2 Å². The van der Waals surface area contributed by atoms with Crippen LogP contribution in [0.5, 0.6) is 5.75 Å². The molecule has 20 heavy (non-hydrogen) atoms. The third-order valence-corrected chi connectivity index (χ3v) is 2.75. The molecular formula is C13H8F3N3O. The highest BCUT2D eigenvalue weighted by molar-refractivity contribution is 5.80. The minimum Gasteiger partial charge on any atom is -0.406 e. The van der Waals surface area contributed by atoms with Crippen LogP contribution in [0.25, 0.3) is 22.2 Å². The normalized spacial score (nSPS) is 11.8. The molecule has 2 aromatic carbocycles. The van der Waals surface area contributed by atoms with Gasteiger partial charge in [0.1, 0.15) is 11.3 Å². The zero-order valence-electron chi connectivity index (χ0n) is 9.98. The summed E-state index contributed by atoms with van der Waals surface area (Å²) < 4.78 is 40.0. The molecule has 0 saturated heterocycles. The van der Waals surface area contributed by atoms with Crippen LogP contribution in [0.15, 0.2) is 42.5 Å². The standard InChI is InChI=1S/C13H8F3N3O/c14-13(15,16)20-10-4-1-8(2-5-10)9-3-6-11-12(7-9)18-19-17-11/h1-7H,(H,17,18,19). The van der Waals surface area contributed by atoms with Crippen molar-refractivity contribution in [2.24, 2.45) is 0 Å². The first kappa shape index (κ1) is 12.5. The topological polar surface area (TPSA) is 50.8 Å². The summed E-state index contributed by atoms with van der Waals surface area (Å²) in [5.41, 5.74) is 3.11. The molecule has 0 spiro atoms. The quantitative estimate of drug-likeness (QED) is 0.780. The molecule has 3 aromatic rings. The molecule has 1 heterocycles. The highest BCUT2D eigenvalue weighted by Crippen LogP contribution is 2.27. The number of alkyl halides is 3. The summed E-state index contributed by atoms with van der Waals surface area (Å²) in [4.78, 5) is 0. The summed E-state index contributed by atoms with van der Waals surface area (Å²) >= 11 is 0. The number of hydrogen-bond acceptors (Lipinski definition) is 3. The summed E-state index contributed by atoms with van der Waals surface area (Å²) in [6.45, 7) is 0. The average molecular weight is 279 g/mol. The Bertz CT molecular complexity index is 734. The molecule has 102 valence electrons. The van der Waals surface area contributed by atoms with E-state index in [1.807, 2.05) is 12.1 Å². The van der Waals surface area contributed by atoms with Gasteiger partial charge >= 0.3 is 6.36 Å². The Morgan fingerprint density at radius 3 is 2.35 bits per heavy atom. The van der Waals surface area contributed by atoms with Crippen LogP contribution in [0, 0.1) is 0 Å². The van der Waals surface area contributed by atoms with Crippen LogP contribution in [0.2, 0.25) is 0 Å². The number of aromatic nitrogens is 3. The van der Waals surface area contributed by atoms with Gasteiger partial charge in [0, 0.05) is 0 Å². The maximum atomic E-state index is 12.1. The van der Waals surface area contributed by atoms with Crippen LogP contribution in [-0.4, -0.2) is 21.8 Å². The molecule has 0 amide bonds. The molecule has 0 unspecified atom stereocenters. The third kappa shape index (κ3) is 2.56. The van der Waals surface area contributed by atoms with Crippen molar-refractivity contribution in [3.63, 3.8) is 0 Å². The lowest BCUT2D eigenvalue weighted by molar-refractivity contribution is -0.274. The monoisotopic (exact) mass is 279 g/mol.